The maximum Gasteiger partial charge on any atom is 0.222 e. The van der Waals surface area contributed by atoms with E-state index in [0.717, 1.165) is 16.4 Å². The highest BCUT2D eigenvalue weighted by Crippen LogP contribution is 2.31. The van der Waals surface area contributed by atoms with Crippen molar-refractivity contribution >= 4 is 28.0 Å². The number of hydrogen-bond donors (Lipinski definition) is 2. The minimum Gasteiger partial charge on any atom is -0.454 e. The first-order valence-electron chi connectivity index (χ1n) is 6.18. The zero-order chi connectivity index (χ0) is 13.7. The van der Waals surface area contributed by atoms with Crippen LogP contribution in [0.3, 0.4) is 0 Å². The minimum atomic E-state index is 0.188. The molecule has 0 fully saturated rings. The van der Waals surface area contributed by atoms with E-state index in [4.69, 9.17) is 10.2 Å². The predicted molar refractivity (Wildman–Crippen MR) is 76.0 cm³/mol. The Labute approximate surface area is 113 Å². The normalized spacial score (nSPS) is 11.4. The molecule has 0 amide bonds. The van der Waals surface area contributed by atoms with E-state index in [0.29, 0.717) is 17.1 Å². The zero-order valence-electron chi connectivity index (χ0n) is 10.7. The highest BCUT2D eigenvalue weighted by Gasteiger charge is 2.14. The summed E-state index contributed by atoms with van der Waals surface area (Å²) in [6, 6.07) is 7.98. The van der Waals surface area contributed by atoms with Gasteiger partial charge in [0.2, 0.25) is 5.95 Å². The van der Waals surface area contributed by atoms with Crippen molar-refractivity contribution in [1.82, 2.24) is 20.2 Å². The number of hydrogen-bond acceptors (Lipinski definition) is 5. The van der Waals surface area contributed by atoms with Gasteiger partial charge in [-0.1, -0.05) is 11.6 Å². The van der Waals surface area contributed by atoms with Gasteiger partial charge in [0.1, 0.15) is 11.3 Å². The Morgan fingerprint density at radius 1 is 1.20 bits per heavy atom. The molecule has 3 aromatic heterocycles. The van der Waals surface area contributed by atoms with E-state index in [9.17, 15) is 0 Å². The average Bonchev–Trinajstić information content (AvgIpc) is 3.02. The summed E-state index contributed by atoms with van der Waals surface area (Å²) < 4.78 is 5.85. The first kappa shape index (κ1) is 11.0. The molecule has 20 heavy (non-hydrogen) atoms. The third-order valence-electron chi connectivity index (χ3n) is 3.23. The van der Waals surface area contributed by atoms with Gasteiger partial charge in [-0.15, -0.1) is 0 Å². The van der Waals surface area contributed by atoms with Crippen molar-refractivity contribution < 1.29 is 4.42 Å². The highest BCUT2D eigenvalue weighted by molar-refractivity contribution is 5.92. The van der Waals surface area contributed by atoms with Gasteiger partial charge < -0.3 is 10.2 Å². The van der Waals surface area contributed by atoms with Crippen LogP contribution in [-0.4, -0.2) is 20.2 Å². The summed E-state index contributed by atoms with van der Waals surface area (Å²) >= 11 is 0. The summed E-state index contributed by atoms with van der Waals surface area (Å²) in [6.07, 6.45) is 1.67. The number of benzene rings is 1. The van der Waals surface area contributed by atoms with Crippen LogP contribution in [0.25, 0.3) is 33.5 Å². The molecular formula is C14H11N5O. The molecule has 0 aliphatic rings. The third-order valence-corrected chi connectivity index (χ3v) is 3.23. The van der Waals surface area contributed by atoms with E-state index >= 15 is 0 Å². The number of nitrogen functional groups attached to an aromatic ring is 1. The molecule has 98 valence electrons. The molecule has 0 unspecified atom stereocenters. The number of fused-ring (bicyclic) bond motifs is 2. The molecule has 3 N–H and O–H groups in total. The van der Waals surface area contributed by atoms with Crippen LogP contribution in [0.2, 0.25) is 0 Å². The Morgan fingerprint density at radius 3 is 3.00 bits per heavy atom. The van der Waals surface area contributed by atoms with Gasteiger partial charge in [-0.3, -0.25) is 5.10 Å². The molecule has 0 radical (unpaired) electrons. The van der Waals surface area contributed by atoms with Crippen molar-refractivity contribution in [1.29, 1.82) is 0 Å². The zero-order valence-corrected chi connectivity index (χ0v) is 10.7. The van der Waals surface area contributed by atoms with Crippen LogP contribution >= 0.6 is 0 Å². The molecule has 0 bridgehead atoms. The van der Waals surface area contributed by atoms with Gasteiger partial charge in [0.05, 0.1) is 11.6 Å². The number of rotatable bonds is 1. The monoisotopic (exact) mass is 265 g/mol. The number of H-pyrrole nitrogens is 1. The number of furan rings is 1. The number of nitrogens with zero attached hydrogens (tertiary/aromatic N) is 3. The molecule has 0 spiro atoms. The lowest BCUT2D eigenvalue weighted by molar-refractivity contribution is 0.629. The number of anilines is 1. The molecule has 0 atom stereocenters. The fourth-order valence-electron chi connectivity index (χ4n) is 2.32. The smallest absolute Gasteiger partial charge is 0.222 e. The van der Waals surface area contributed by atoms with Crippen molar-refractivity contribution in [2.45, 2.75) is 6.92 Å². The molecule has 4 aromatic rings. The summed E-state index contributed by atoms with van der Waals surface area (Å²) in [5.74, 6) is 0.847. The van der Waals surface area contributed by atoms with Gasteiger partial charge in [0.25, 0.3) is 0 Å². The van der Waals surface area contributed by atoms with E-state index in [1.807, 2.05) is 25.1 Å². The largest absolute Gasteiger partial charge is 0.454 e. The predicted octanol–water partition coefficient (Wildman–Crippen LogP) is 2.66. The lowest BCUT2D eigenvalue weighted by atomic mass is 10.1. The van der Waals surface area contributed by atoms with E-state index in [1.54, 1.807) is 6.20 Å². The number of aromatic amines is 1. The maximum absolute atomic E-state index is 5.85. The Hall–Kier alpha value is -2.89. The lowest BCUT2D eigenvalue weighted by Crippen LogP contribution is -1.96. The average molecular weight is 265 g/mol. The first-order valence-corrected chi connectivity index (χ1v) is 6.18. The van der Waals surface area contributed by atoms with Crippen LogP contribution in [0.5, 0.6) is 0 Å². The summed E-state index contributed by atoms with van der Waals surface area (Å²) in [5, 5.41) is 8.59. The minimum absolute atomic E-state index is 0.188. The SMILES string of the molecule is Cc1ccc2oc(-c3nc(N)nc4[nH]ncc34)cc2c1. The second-order valence-electron chi connectivity index (χ2n) is 4.71. The second kappa shape index (κ2) is 3.80. The number of aromatic nitrogens is 4. The van der Waals surface area contributed by atoms with Gasteiger partial charge in [-0.2, -0.15) is 10.1 Å². The van der Waals surface area contributed by atoms with Crippen LogP contribution in [0.1, 0.15) is 5.56 Å². The standard InChI is InChI=1S/C14H11N5O/c1-7-2-3-10-8(4-7)5-11(20-10)12-9-6-16-19-13(9)18-14(15)17-12/h2-6H,1H3,(H3,15,16,17,18,19). The lowest BCUT2D eigenvalue weighted by Gasteiger charge is -1.99. The van der Waals surface area contributed by atoms with Crippen LogP contribution < -0.4 is 5.73 Å². The first-order chi connectivity index (χ1) is 9.70. The maximum atomic E-state index is 5.85. The Balaban J connectivity index is 2.02. The Kier molecular flexibility index (Phi) is 2.09. The molecule has 6 heteroatoms. The molecular weight excluding hydrogens is 254 g/mol. The van der Waals surface area contributed by atoms with Crippen molar-refractivity contribution in [2.24, 2.45) is 0 Å². The van der Waals surface area contributed by atoms with E-state index < -0.39 is 0 Å². The van der Waals surface area contributed by atoms with E-state index in [2.05, 4.69) is 26.2 Å². The van der Waals surface area contributed by atoms with Crippen molar-refractivity contribution in [2.75, 3.05) is 5.73 Å². The second-order valence-corrected chi connectivity index (χ2v) is 4.71. The summed E-state index contributed by atoms with van der Waals surface area (Å²) in [5.41, 5.74) is 8.98. The fraction of sp³-hybridized carbons (Fsp3) is 0.0714. The Bertz CT molecular complexity index is 937. The van der Waals surface area contributed by atoms with E-state index in [-0.39, 0.29) is 5.95 Å². The molecule has 1 aromatic carbocycles. The molecule has 3 heterocycles. The number of nitrogens with one attached hydrogen (secondary N) is 1. The molecule has 4 rings (SSSR count). The quantitative estimate of drug-likeness (QED) is 0.551. The summed E-state index contributed by atoms with van der Waals surface area (Å²) in [6.45, 7) is 2.04. The van der Waals surface area contributed by atoms with Crippen LogP contribution in [0, 0.1) is 6.92 Å². The topological polar surface area (TPSA) is 93.6 Å². The molecule has 0 saturated heterocycles. The van der Waals surface area contributed by atoms with Crippen LogP contribution in [-0.2, 0) is 0 Å². The van der Waals surface area contributed by atoms with Crippen molar-refractivity contribution in [3.63, 3.8) is 0 Å². The molecule has 0 aliphatic heterocycles. The summed E-state index contributed by atoms with van der Waals surface area (Å²) in [4.78, 5) is 8.37. The van der Waals surface area contributed by atoms with Crippen molar-refractivity contribution in [3.8, 4) is 11.5 Å². The van der Waals surface area contributed by atoms with Gasteiger partial charge in [-0.05, 0) is 25.1 Å². The van der Waals surface area contributed by atoms with Gasteiger partial charge in [0.15, 0.2) is 11.4 Å². The number of nitrogens with two attached hydrogens (primary N) is 1. The third kappa shape index (κ3) is 1.55. The van der Waals surface area contributed by atoms with Gasteiger partial charge in [-0.25, -0.2) is 4.98 Å². The van der Waals surface area contributed by atoms with E-state index in [1.165, 1.54) is 5.56 Å². The van der Waals surface area contributed by atoms with Gasteiger partial charge >= 0.3 is 0 Å². The Morgan fingerprint density at radius 2 is 2.10 bits per heavy atom. The fourth-order valence-corrected chi connectivity index (χ4v) is 2.32. The van der Waals surface area contributed by atoms with Gasteiger partial charge in [0, 0.05) is 5.39 Å². The molecule has 0 saturated carbocycles. The summed E-state index contributed by atoms with van der Waals surface area (Å²) in [7, 11) is 0. The van der Waals surface area contributed by atoms with Crippen LogP contribution in [0.15, 0.2) is 34.9 Å². The number of aryl methyl sites for hydroxylation is 1. The van der Waals surface area contributed by atoms with Crippen molar-refractivity contribution in [3.05, 3.63) is 36.0 Å². The van der Waals surface area contributed by atoms with Crippen LogP contribution in [0.4, 0.5) is 5.95 Å². The molecule has 0 aliphatic carbocycles. The highest BCUT2D eigenvalue weighted by atomic mass is 16.3. The molecule has 6 nitrogen and oxygen atoms in total.